The predicted molar refractivity (Wildman–Crippen MR) is 138 cm³/mol. The second-order valence-corrected chi connectivity index (χ2v) is 9.17. The molecule has 2 heterocycles. The van der Waals surface area contributed by atoms with Crippen molar-refractivity contribution in [3.8, 4) is 0 Å². The number of carbonyl (C=O) groups excluding carboxylic acids is 2. The minimum Gasteiger partial charge on any atom is -0.350 e. The minimum atomic E-state index is -0.706. The molecule has 4 rings (SSSR count). The number of hydrogen-bond acceptors (Lipinski definition) is 5. The molecule has 35 heavy (non-hydrogen) atoms. The molecule has 8 nitrogen and oxygen atoms in total. The van der Waals surface area contributed by atoms with E-state index in [0.717, 1.165) is 27.7 Å². The normalized spacial score (nSPS) is 10.9. The highest BCUT2D eigenvalue weighted by Gasteiger charge is 2.18. The van der Waals surface area contributed by atoms with E-state index in [9.17, 15) is 19.2 Å². The van der Waals surface area contributed by atoms with Crippen molar-refractivity contribution in [3.63, 3.8) is 0 Å². The van der Waals surface area contributed by atoms with Gasteiger partial charge in [0, 0.05) is 12.2 Å². The van der Waals surface area contributed by atoms with Gasteiger partial charge < -0.3 is 10.6 Å². The first-order chi connectivity index (χ1) is 16.9. The number of hydrogen-bond donors (Lipinski definition) is 2. The molecule has 2 aromatic carbocycles. The molecule has 0 saturated carbocycles. The summed E-state index contributed by atoms with van der Waals surface area (Å²) in [4.78, 5) is 51.4. The highest BCUT2D eigenvalue weighted by molar-refractivity contribution is 7.17. The first-order valence-electron chi connectivity index (χ1n) is 11.3. The Kier molecular flexibility index (Phi) is 7.26. The SMILES string of the molecule is CCc1ccc(NC(=O)Cn2c(=O)n(CC(=O)NCc3ccc(C)cc3)c(=O)c3sccc32)cc1. The lowest BCUT2D eigenvalue weighted by molar-refractivity contribution is -0.122. The van der Waals surface area contributed by atoms with Crippen LogP contribution in [0.15, 0.2) is 69.6 Å². The number of carbonyl (C=O) groups is 2. The van der Waals surface area contributed by atoms with Crippen LogP contribution in [-0.4, -0.2) is 20.9 Å². The van der Waals surface area contributed by atoms with E-state index in [1.807, 2.05) is 50.2 Å². The molecule has 2 amide bonds. The molecule has 0 bridgehead atoms. The van der Waals surface area contributed by atoms with Crippen molar-refractivity contribution in [1.29, 1.82) is 0 Å². The molecule has 0 atom stereocenters. The summed E-state index contributed by atoms with van der Waals surface area (Å²) in [6.45, 7) is 3.58. The zero-order valence-electron chi connectivity index (χ0n) is 19.5. The van der Waals surface area contributed by atoms with Crippen LogP contribution in [0.3, 0.4) is 0 Å². The number of benzene rings is 2. The molecule has 180 valence electrons. The Morgan fingerprint density at radius 1 is 0.857 bits per heavy atom. The van der Waals surface area contributed by atoms with E-state index < -0.39 is 29.6 Å². The Morgan fingerprint density at radius 2 is 1.51 bits per heavy atom. The van der Waals surface area contributed by atoms with Gasteiger partial charge in [-0.3, -0.25) is 19.0 Å². The molecule has 2 aromatic heterocycles. The van der Waals surface area contributed by atoms with Gasteiger partial charge in [0.15, 0.2) is 0 Å². The molecule has 2 N–H and O–H groups in total. The molecular weight excluding hydrogens is 464 g/mol. The monoisotopic (exact) mass is 490 g/mol. The second kappa shape index (κ2) is 10.5. The largest absolute Gasteiger partial charge is 0.350 e. The Bertz CT molecular complexity index is 1480. The van der Waals surface area contributed by atoms with Crippen molar-refractivity contribution < 1.29 is 9.59 Å². The van der Waals surface area contributed by atoms with Crippen LogP contribution in [0, 0.1) is 6.92 Å². The van der Waals surface area contributed by atoms with Crippen LogP contribution in [0.1, 0.15) is 23.6 Å². The molecule has 0 aliphatic heterocycles. The van der Waals surface area contributed by atoms with Gasteiger partial charge in [0.1, 0.15) is 17.8 Å². The summed E-state index contributed by atoms with van der Waals surface area (Å²) >= 11 is 1.17. The molecule has 0 unspecified atom stereocenters. The topological polar surface area (TPSA) is 102 Å². The molecule has 0 saturated heterocycles. The first-order valence-corrected chi connectivity index (χ1v) is 12.2. The second-order valence-electron chi connectivity index (χ2n) is 8.26. The van der Waals surface area contributed by atoms with Crippen molar-refractivity contribution in [2.45, 2.75) is 39.9 Å². The third kappa shape index (κ3) is 5.58. The Morgan fingerprint density at radius 3 is 2.20 bits per heavy atom. The number of fused-ring (bicyclic) bond motifs is 1. The van der Waals surface area contributed by atoms with Gasteiger partial charge in [-0.15, -0.1) is 11.3 Å². The standard InChI is InChI=1S/C26H26N4O4S/c1-3-18-8-10-20(11-9-18)28-23(32)16-29-21-12-13-35-24(21)25(33)30(26(29)34)15-22(31)27-14-19-6-4-17(2)5-7-19/h4-13H,3,14-16H2,1-2H3,(H,27,31)(H,28,32). The van der Waals surface area contributed by atoms with Gasteiger partial charge in [-0.05, 0) is 48.1 Å². The lowest BCUT2D eigenvalue weighted by atomic mass is 10.1. The molecule has 0 aliphatic rings. The van der Waals surface area contributed by atoms with Crippen LogP contribution >= 0.6 is 11.3 Å². The number of anilines is 1. The van der Waals surface area contributed by atoms with Crippen molar-refractivity contribution >= 4 is 39.1 Å². The lowest BCUT2D eigenvalue weighted by Crippen LogP contribution is -2.44. The summed E-state index contributed by atoms with van der Waals surface area (Å²) in [6, 6.07) is 16.8. The summed E-state index contributed by atoms with van der Waals surface area (Å²) in [5.41, 5.74) is 2.90. The zero-order chi connectivity index (χ0) is 24.9. The van der Waals surface area contributed by atoms with Crippen LogP contribution in [0.2, 0.25) is 0 Å². The number of rotatable bonds is 8. The fourth-order valence-corrected chi connectivity index (χ4v) is 4.54. The summed E-state index contributed by atoms with van der Waals surface area (Å²) in [5.74, 6) is -0.870. The van der Waals surface area contributed by atoms with Gasteiger partial charge in [0.2, 0.25) is 11.8 Å². The summed E-state index contributed by atoms with van der Waals surface area (Å²) in [6.07, 6.45) is 0.889. The van der Waals surface area contributed by atoms with Crippen LogP contribution in [0.5, 0.6) is 0 Å². The number of nitrogens with zero attached hydrogens (tertiary/aromatic N) is 2. The first kappa shape index (κ1) is 24.2. The maximum absolute atomic E-state index is 13.2. The van der Waals surface area contributed by atoms with Gasteiger partial charge in [-0.1, -0.05) is 48.9 Å². The van der Waals surface area contributed by atoms with Gasteiger partial charge in [0.05, 0.1) is 5.52 Å². The van der Waals surface area contributed by atoms with E-state index in [4.69, 9.17) is 0 Å². The van der Waals surface area contributed by atoms with Crippen LogP contribution in [-0.2, 0) is 35.6 Å². The molecule has 9 heteroatoms. The van der Waals surface area contributed by atoms with E-state index >= 15 is 0 Å². The number of aromatic nitrogens is 2. The third-order valence-corrected chi connectivity index (χ3v) is 6.59. The minimum absolute atomic E-state index is 0.280. The van der Waals surface area contributed by atoms with E-state index in [0.29, 0.717) is 15.9 Å². The van der Waals surface area contributed by atoms with E-state index in [1.54, 1.807) is 23.6 Å². The number of amides is 2. The molecule has 0 fully saturated rings. The maximum Gasteiger partial charge on any atom is 0.332 e. The van der Waals surface area contributed by atoms with Crippen molar-refractivity contribution in [3.05, 3.63) is 97.5 Å². The predicted octanol–water partition coefficient (Wildman–Crippen LogP) is 3.05. The Balaban J connectivity index is 1.54. The zero-order valence-corrected chi connectivity index (χ0v) is 20.4. The van der Waals surface area contributed by atoms with Gasteiger partial charge in [-0.25, -0.2) is 9.36 Å². The van der Waals surface area contributed by atoms with E-state index in [1.165, 1.54) is 15.9 Å². The highest BCUT2D eigenvalue weighted by Crippen LogP contribution is 2.16. The van der Waals surface area contributed by atoms with Crippen LogP contribution < -0.4 is 21.9 Å². The van der Waals surface area contributed by atoms with Gasteiger partial charge in [-0.2, -0.15) is 0 Å². The molecule has 0 radical (unpaired) electrons. The maximum atomic E-state index is 13.2. The molecule has 0 spiro atoms. The van der Waals surface area contributed by atoms with Crippen molar-refractivity contribution in [2.24, 2.45) is 0 Å². The fourth-order valence-electron chi connectivity index (χ4n) is 3.70. The summed E-state index contributed by atoms with van der Waals surface area (Å²) in [7, 11) is 0. The third-order valence-electron chi connectivity index (χ3n) is 5.70. The smallest absolute Gasteiger partial charge is 0.332 e. The average Bonchev–Trinajstić information content (AvgIpc) is 3.35. The summed E-state index contributed by atoms with van der Waals surface area (Å²) in [5, 5.41) is 7.21. The van der Waals surface area contributed by atoms with Crippen molar-refractivity contribution in [1.82, 2.24) is 14.5 Å². The molecular formula is C26H26N4O4S. The lowest BCUT2D eigenvalue weighted by Gasteiger charge is -2.13. The number of thiophene rings is 1. The van der Waals surface area contributed by atoms with Gasteiger partial charge >= 0.3 is 5.69 Å². The molecule has 0 aliphatic carbocycles. The van der Waals surface area contributed by atoms with Crippen LogP contribution in [0.4, 0.5) is 5.69 Å². The van der Waals surface area contributed by atoms with Gasteiger partial charge in [0.25, 0.3) is 5.56 Å². The summed E-state index contributed by atoms with van der Waals surface area (Å²) < 4.78 is 2.43. The van der Waals surface area contributed by atoms with E-state index in [2.05, 4.69) is 10.6 Å². The highest BCUT2D eigenvalue weighted by atomic mass is 32.1. The fraction of sp³-hybridized carbons (Fsp3) is 0.231. The quantitative estimate of drug-likeness (QED) is 0.396. The van der Waals surface area contributed by atoms with E-state index in [-0.39, 0.29) is 13.1 Å². The molecule has 4 aromatic rings. The number of aryl methyl sites for hydroxylation is 2. The Labute approximate surface area is 205 Å². The number of nitrogens with one attached hydrogen (secondary N) is 2. The Hall–Kier alpha value is -3.98. The van der Waals surface area contributed by atoms with Crippen LogP contribution in [0.25, 0.3) is 10.2 Å². The average molecular weight is 491 g/mol. The van der Waals surface area contributed by atoms with Crippen molar-refractivity contribution in [2.75, 3.05) is 5.32 Å².